The van der Waals surface area contributed by atoms with Crippen molar-refractivity contribution in [3.63, 3.8) is 0 Å². The molecule has 1 heterocycles. The lowest BCUT2D eigenvalue weighted by Crippen LogP contribution is -1.94. The van der Waals surface area contributed by atoms with Gasteiger partial charge in [-0.3, -0.25) is 4.79 Å². The molecule has 0 radical (unpaired) electrons. The Morgan fingerprint density at radius 1 is 1.73 bits per heavy atom. The van der Waals surface area contributed by atoms with Crippen LogP contribution >= 0.6 is 22.6 Å². The molecule has 0 fully saturated rings. The Morgan fingerprint density at radius 3 is 3.00 bits per heavy atom. The first-order valence-electron chi connectivity index (χ1n) is 2.93. The molecule has 58 valence electrons. The van der Waals surface area contributed by atoms with Crippen LogP contribution in [0.25, 0.3) is 0 Å². The van der Waals surface area contributed by atoms with Crippen LogP contribution in [0.5, 0.6) is 5.88 Å². The molecule has 3 nitrogen and oxygen atoms in total. The van der Waals surface area contributed by atoms with Crippen molar-refractivity contribution >= 4 is 28.9 Å². The number of carbonyl (C=O) groups excluding carboxylic acids is 1. The van der Waals surface area contributed by atoms with E-state index in [1.807, 2.05) is 22.6 Å². The molecule has 0 unspecified atom stereocenters. The van der Waals surface area contributed by atoms with E-state index < -0.39 is 0 Å². The normalized spacial score (nSPS) is 9.27. The maximum absolute atomic E-state index is 10.4. The van der Waals surface area contributed by atoms with E-state index in [4.69, 9.17) is 4.74 Å². The summed E-state index contributed by atoms with van der Waals surface area (Å²) < 4.78 is 5.66. The van der Waals surface area contributed by atoms with Crippen molar-refractivity contribution in [1.82, 2.24) is 4.98 Å². The second kappa shape index (κ2) is 3.66. The van der Waals surface area contributed by atoms with Gasteiger partial charge in [-0.25, -0.2) is 4.98 Å². The Bertz CT molecular complexity index is 275. The zero-order valence-corrected chi connectivity index (χ0v) is 8.03. The molecule has 0 aliphatic heterocycles. The Kier molecular flexibility index (Phi) is 2.81. The van der Waals surface area contributed by atoms with Gasteiger partial charge in [0.25, 0.3) is 0 Å². The molecule has 0 aromatic carbocycles. The molecule has 0 spiro atoms. The van der Waals surface area contributed by atoms with E-state index in [-0.39, 0.29) is 0 Å². The van der Waals surface area contributed by atoms with E-state index >= 15 is 0 Å². The Labute approximate surface area is 77.9 Å². The van der Waals surface area contributed by atoms with Gasteiger partial charge in [-0.15, -0.1) is 0 Å². The van der Waals surface area contributed by atoms with Crippen LogP contribution in [0.3, 0.4) is 0 Å². The lowest BCUT2D eigenvalue weighted by molar-refractivity contribution is 0.112. The molecule has 0 bridgehead atoms. The van der Waals surface area contributed by atoms with E-state index in [1.165, 1.54) is 7.11 Å². The predicted octanol–water partition coefficient (Wildman–Crippen LogP) is 1.51. The maximum atomic E-state index is 10.4. The minimum absolute atomic E-state index is 0.496. The highest BCUT2D eigenvalue weighted by molar-refractivity contribution is 14.1. The second-order valence-corrected chi connectivity index (χ2v) is 2.92. The average molecular weight is 263 g/mol. The van der Waals surface area contributed by atoms with Crippen LogP contribution in [0.1, 0.15) is 10.4 Å². The zero-order chi connectivity index (χ0) is 8.27. The summed E-state index contributed by atoms with van der Waals surface area (Å²) in [6, 6.07) is 1.65. The number of aldehydes is 1. The molecular weight excluding hydrogens is 257 g/mol. The minimum atomic E-state index is 0.496. The van der Waals surface area contributed by atoms with Gasteiger partial charge in [-0.2, -0.15) is 0 Å². The summed E-state index contributed by atoms with van der Waals surface area (Å²) in [5, 5.41) is 0. The van der Waals surface area contributed by atoms with Gasteiger partial charge in [0.1, 0.15) is 0 Å². The van der Waals surface area contributed by atoms with Crippen LogP contribution in [-0.4, -0.2) is 18.4 Å². The summed E-state index contributed by atoms with van der Waals surface area (Å²) in [6.07, 6.45) is 2.33. The van der Waals surface area contributed by atoms with Crippen LogP contribution in [0.4, 0.5) is 0 Å². The van der Waals surface area contributed by atoms with E-state index in [0.29, 0.717) is 11.4 Å². The van der Waals surface area contributed by atoms with Crippen molar-refractivity contribution in [2.24, 2.45) is 0 Å². The number of hydrogen-bond donors (Lipinski definition) is 0. The molecule has 1 aromatic rings. The first kappa shape index (κ1) is 8.45. The molecule has 0 saturated carbocycles. The number of rotatable bonds is 2. The third-order valence-electron chi connectivity index (χ3n) is 1.21. The van der Waals surface area contributed by atoms with Gasteiger partial charge < -0.3 is 4.74 Å². The minimum Gasteiger partial charge on any atom is -0.480 e. The molecule has 0 aliphatic carbocycles. The van der Waals surface area contributed by atoms with E-state index in [2.05, 4.69) is 4.98 Å². The summed E-state index contributed by atoms with van der Waals surface area (Å²) in [5.41, 5.74) is 0.609. The van der Waals surface area contributed by atoms with E-state index in [0.717, 1.165) is 9.86 Å². The average Bonchev–Trinajstić information content (AvgIpc) is 2.05. The first-order chi connectivity index (χ1) is 5.29. The first-order valence-corrected chi connectivity index (χ1v) is 4.01. The SMILES string of the molecule is COc1nccc(C=O)c1I. The number of aromatic nitrogens is 1. The van der Waals surface area contributed by atoms with Crippen LogP contribution < -0.4 is 4.74 Å². The highest BCUT2D eigenvalue weighted by Crippen LogP contribution is 2.19. The smallest absolute Gasteiger partial charge is 0.227 e. The number of pyridine rings is 1. The number of halogens is 1. The largest absolute Gasteiger partial charge is 0.480 e. The standard InChI is InChI=1S/C7H6INO2/c1-11-7-6(8)5(4-10)2-3-9-7/h2-4H,1H3. The molecule has 1 aromatic heterocycles. The van der Waals surface area contributed by atoms with E-state index in [1.54, 1.807) is 12.3 Å². The lowest BCUT2D eigenvalue weighted by atomic mass is 10.3. The van der Waals surface area contributed by atoms with E-state index in [9.17, 15) is 4.79 Å². The Hall–Kier alpha value is -0.650. The molecule has 11 heavy (non-hydrogen) atoms. The molecule has 0 N–H and O–H groups in total. The topological polar surface area (TPSA) is 39.2 Å². The fourth-order valence-corrected chi connectivity index (χ4v) is 1.34. The summed E-state index contributed by atoms with van der Waals surface area (Å²) >= 11 is 2.02. The van der Waals surface area contributed by atoms with Gasteiger partial charge in [0, 0.05) is 11.8 Å². The number of hydrogen-bond acceptors (Lipinski definition) is 3. The Morgan fingerprint density at radius 2 is 2.45 bits per heavy atom. The van der Waals surface area contributed by atoms with Crippen LogP contribution in [0.2, 0.25) is 0 Å². The van der Waals surface area contributed by atoms with Gasteiger partial charge in [-0.1, -0.05) is 0 Å². The van der Waals surface area contributed by atoms with Gasteiger partial charge in [0.05, 0.1) is 10.7 Å². The maximum Gasteiger partial charge on any atom is 0.227 e. The fraction of sp³-hybridized carbons (Fsp3) is 0.143. The summed E-state index contributed by atoms with van der Waals surface area (Å²) in [6.45, 7) is 0. The molecule has 4 heteroatoms. The molecule has 1 rings (SSSR count). The quantitative estimate of drug-likeness (QED) is 0.599. The zero-order valence-electron chi connectivity index (χ0n) is 5.87. The second-order valence-electron chi connectivity index (χ2n) is 1.84. The highest BCUT2D eigenvalue weighted by Gasteiger charge is 2.04. The monoisotopic (exact) mass is 263 g/mol. The van der Waals surface area contributed by atoms with Crippen molar-refractivity contribution in [1.29, 1.82) is 0 Å². The number of nitrogens with zero attached hydrogens (tertiary/aromatic N) is 1. The van der Waals surface area contributed by atoms with Crippen molar-refractivity contribution < 1.29 is 9.53 Å². The van der Waals surface area contributed by atoms with Gasteiger partial charge in [0.15, 0.2) is 6.29 Å². The van der Waals surface area contributed by atoms with Crippen molar-refractivity contribution in [2.45, 2.75) is 0 Å². The molecule has 0 aliphatic rings. The Balaban J connectivity index is 3.20. The van der Waals surface area contributed by atoms with Crippen LogP contribution in [-0.2, 0) is 0 Å². The van der Waals surface area contributed by atoms with Gasteiger partial charge in [0.2, 0.25) is 5.88 Å². The van der Waals surface area contributed by atoms with Crippen molar-refractivity contribution in [2.75, 3.05) is 7.11 Å². The number of methoxy groups -OCH3 is 1. The predicted molar refractivity (Wildman–Crippen MR) is 48.9 cm³/mol. The van der Waals surface area contributed by atoms with Gasteiger partial charge >= 0.3 is 0 Å². The third kappa shape index (κ3) is 1.68. The van der Waals surface area contributed by atoms with Crippen LogP contribution in [0, 0.1) is 3.57 Å². The highest BCUT2D eigenvalue weighted by atomic mass is 127. The van der Waals surface area contributed by atoms with Gasteiger partial charge in [-0.05, 0) is 28.7 Å². The van der Waals surface area contributed by atoms with Crippen molar-refractivity contribution in [3.05, 3.63) is 21.4 Å². The summed E-state index contributed by atoms with van der Waals surface area (Å²) in [4.78, 5) is 14.3. The molecule has 0 amide bonds. The summed E-state index contributed by atoms with van der Waals surface area (Å²) in [7, 11) is 1.53. The number of carbonyl (C=O) groups is 1. The third-order valence-corrected chi connectivity index (χ3v) is 2.29. The van der Waals surface area contributed by atoms with Crippen molar-refractivity contribution in [3.8, 4) is 5.88 Å². The lowest BCUT2D eigenvalue weighted by Gasteiger charge is -2.01. The summed E-state index contributed by atoms with van der Waals surface area (Å²) in [5.74, 6) is 0.496. The number of ether oxygens (including phenoxy) is 1. The molecular formula is C7H6INO2. The molecule has 0 atom stereocenters. The fourth-order valence-electron chi connectivity index (χ4n) is 0.672. The molecule has 0 saturated heterocycles. The van der Waals surface area contributed by atoms with Crippen LogP contribution in [0.15, 0.2) is 12.3 Å².